The van der Waals surface area contributed by atoms with E-state index < -0.39 is 0 Å². The molecule has 1 aromatic rings. The van der Waals surface area contributed by atoms with Gasteiger partial charge in [-0.1, -0.05) is 15.9 Å². The van der Waals surface area contributed by atoms with E-state index in [2.05, 4.69) is 15.9 Å². The zero-order valence-electron chi connectivity index (χ0n) is 7.42. The Hall–Kier alpha value is -0.700. The van der Waals surface area contributed by atoms with Crippen molar-refractivity contribution in [2.24, 2.45) is 0 Å². The van der Waals surface area contributed by atoms with Crippen LogP contribution in [0, 0.1) is 0 Å². The van der Waals surface area contributed by atoms with Crippen LogP contribution in [0.4, 0.5) is 0 Å². The first kappa shape index (κ1) is 8.88. The zero-order valence-corrected chi connectivity index (χ0v) is 9.00. The standard InChI is InChI=1S/C10H11BrO2/c1-12-9-4-7(11)5-10(6-9)13-8-2-3-8/h4-6,8H,2-3H2,1H3. The summed E-state index contributed by atoms with van der Waals surface area (Å²) in [4.78, 5) is 0. The van der Waals surface area contributed by atoms with Crippen molar-refractivity contribution >= 4 is 15.9 Å². The van der Waals surface area contributed by atoms with Crippen LogP contribution in [0.1, 0.15) is 12.8 Å². The largest absolute Gasteiger partial charge is 0.497 e. The molecule has 0 unspecified atom stereocenters. The Morgan fingerprint density at radius 3 is 2.54 bits per heavy atom. The Kier molecular flexibility index (Phi) is 2.44. The van der Waals surface area contributed by atoms with Gasteiger partial charge in [-0.2, -0.15) is 0 Å². The molecular weight excluding hydrogens is 232 g/mol. The smallest absolute Gasteiger partial charge is 0.124 e. The molecular formula is C10H11BrO2. The second-order valence-corrected chi connectivity index (χ2v) is 4.06. The van der Waals surface area contributed by atoms with Gasteiger partial charge in [-0.15, -0.1) is 0 Å². The number of benzene rings is 1. The Bertz CT molecular complexity index is 308. The minimum absolute atomic E-state index is 0.430. The van der Waals surface area contributed by atoms with Gasteiger partial charge >= 0.3 is 0 Å². The fourth-order valence-corrected chi connectivity index (χ4v) is 1.55. The molecule has 0 atom stereocenters. The minimum Gasteiger partial charge on any atom is -0.497 e. The van der Waals surface area contributed by atoms with Crippen LogP contribution in [-0.2, 0) is 0 Å². The molecule has 70 valence electrons. The van der Waals surface area contributed by atoms with Gasteiger partial charge in [0.25, 0.3) is 0 Å². The van der Waals surface area contributed by atoms with Gasteiger partial charge in [0.2, 0.25) is 0 Å². The number of hydrogen-bond acceptors (Lipinski definition) is 2. The second kappa shape index (κ2) is 3.58. The number of methoxy groups -OCH3 is 1. The molecule has 0 bridgehead atoms. The highest BCUT2D eigenvalue weighted by Crippen LogP contribution is 2.31. The summed E-state index contributed by atoms with van der Waals surface area (Å²) < 4.78 is 11.8. The van der Waals surface area contributed by atoms with Crippen LogP contribution < -0.4 is 9.47 Å². The lowest BCUT2D eigenvalue weighted by Gasteiger charge is -2.07. The van der Waals surface area contributed by atoms with E-state index in [4.69, 9.17) is 9.47 Å². The fourth-order valence-electron chi connectivity index (χ4n) is 1.10. The van der Waals surface area contributed by atoms with E-state index >= 15 is 0 Å². The first-order chi connectivity index (χ1) is 6.28. The van der Waals surface area contributed by atoms with Crippen molar-refractivity contribution in [3.63, 3.8) is 0 Å². The van der Waals surface area contributed by atoms with E-state index in [0.717, 1.165) is 16.0 Å². The lowest BCUT2D eigenvalue weighted by Crippen LogP contribution is -1.96. The number of rotatable bonds is 3. The average Bonchev–Trinajstić information content (AvgIpc) is 2.87. The molecule has 0 N–H and O–H groups in total. The highest BCUT2D eigenvalue weighted by Gasteiger charge is 2.23. The van der Waals surface area contributed by atoms with Crippen molar-refractivity contribution in [3.05, 3.63) is 22.7 Å². The van der Waals surface area contributed by atoms with E-state index in [-0.39, 0.29) is 0 Å². The van der Waals surface area contributed by atoms with Crippen LogP contribution >= 0.6 is 15.9 Å². The third kappa shape index (κ3) is 2.37. The Morgan fingerprint density at radius 2 is 1.92 bits per heavy atom. The van der Waals surface area contributed by atoms with Gasteiger partial charge in [-0.3, -0.25) is 0 Å². The first-order valence-electron chi connectivity index (χ1n) is 4.29. The predicted molar refractivity (Wildman–Crippen MR) is 54.3 cm³/mol. The summed E-state index contributed by atoms with van der Waals surface area (Å²) in [6.07, 6.45) is 2.78. The topological polar surface area (TPSA) is 18.5 Å². The highest BCUT2D eigenvalue weighted by atomic mass is 79.9. The minimum atomic E-state index is 0.430. The molecule has 3 heteroatoms. The van der Waals surface area contributed by atoms with Gasteiger partial charge in [0.05, 0.1) is 13.2 Å². The molecule has 0 amide bonds. The lowest BCUT2D eigenvalue weighted by molar-refractivity contribution is 0.300. The average molecular weight is 243 g/mol. The molecule has 0 saturated heterocycles. The quantitative estimate of drug-likeness (QED) is 0.812. The molecule has 0 aromatic heterocycles. The SMILES string of the molecule is COc1cc(Br)cc(OC2CC2)c1. The van der Waals surface area contributed by atoms with E-state index in [1.54, 1.807) is 7.11 Å². The van der Waals surface area contributed by atoms with Crippen LogP contribution in [0.5, 0.6) is 11.5 Å². The van der Waals surface area contributed by atoms with Crippen LogP contribution in [0.2, 0.25) is 0 Å². The molecule has 1 fully saturated rings. The molecule has 13 heavy (non-hydrogen) atoms. The summed E-state index contributed by atoms with van der Waals surface area (Å²) in [6.45, 7) is 0. The molecule has 1 saturated carbocycles. The van der Waals surface area contributed by atoms with Gasteiger partial charge < -0.3 is 9.47 Å². The van der Waals surface area contributed by atoms with Crippen LogP contribution in [-0.4, -0.2) is 13.2 Å². The summed E-state index contributed by atoms with van der Waals surface area (Å²) in [7, 11) is 1.66. The molecule has 0 heterocycles. The molecule has 0 spiro atoms. The Labute approximate surface area is 86.0 Å². The summed E-state index contributed by atoms with van der Waals surface area (Å²) >= 11 is 3.40. The van der Waals surface area contributed by atoms with E-state index in [9.17, 15) is 0 Å². The zero-order chi connectivity index (χ0) is 9.26. The van der Waals surface area contributed by atoms with Gasteiger partial charge in [-0.05, 0) is 25.0 Å². The van der Waals surface area contributed by atoms with E-state index in [1.165, 1.54) is 12.8 Å². The van der Waals surface area contributed by atoms with Gasteiger partial charge in [0, 0.05) is 10.5 Å². The van der Waals surface area contributed by atoms with Crippen LogP contribution in [0.15, 0.2) is 22.7 Å². The van der Waals surface area contributed by atoms with Crippen LogP contribution in [0.3, 0.4) is 0 Å². The van der Waals surface area contributed by atoms with Crippen molar-refractivity contribution in [2.75, 3.05) is 7.11 Å². The van der Waals surface area contributed by atoms with Crippen LogP contribution in [0.25, 0.3) is 0 Å². The first-order valence-corrected chi connectivity index (χ1v) is 5.08. The molecule has 1 aliphatic rings. The van der Waals surface area contributed by atoms with Crippen molar-refractivity contribution in [3.8, 4) is 11.5 Å². The third-order valence-electron chi connectivity index (χ3n) is 1.91. The van der Waals surface area contributed by atoms with Gasteiger partial charge in [-0.25, -0.2) is 0 Å². The number of halogens is 1. The maximum atomic E-state index is 5.64. The molecule has 0 aliphatic heterocycles. The van der Waals surface area contributed by atoms with E-state index in [1.807, 2.05) is 18.2 Å². The summed E-state index contributed by atoms with van der Waals surface area (Å²) in [5.74, 6) is 1.71. The second-order valence-electron chi connectivity index (χ2n) is 3.14. The monoisotopic (exact) mass is 242 g/mol. The predicted octanol–water partition coefficient (Wildman–Crippen LogP) is 3.00. The Morgan fingerprint density at radius 1 is 1.23 bits per heavy atom. The molecule has 1 aliphatic carbocycles. The summed E-state index contributed by atoms with van der Waals surface area (Å²) in [6, 6.07) is 5.78. The lowest BCUT2D eigenvalue weighted by atomic mass is 10.3. The van der Waals surface area contributed by atoms with Crippen molar-refractivity contribution in [1.29, 1.82) is 0 Å². The normalized spacial score (nSPS) is 15.5. The van der Waals surface area contributed by atoms with Gasteiger partial charge in [0.15, 0.2) is 0 Å². The maximum absolute atomic E-state index is 5.64. The summed E-state index contributed by atoms with van der Waals surface area (Å²) in [5, 5.41) is 0. The molecule has 0 radical (unpaired) electrons. The van der Waals surface area contributed by atoms with E-state index in [0.29, 0.717) is 6.10 Å². The number of hydrogen-bond donors (Lipinski definition) is 0. The number of ether oxygens (including phenoxy) is 2. The Balaban J connectivity index is 2.17. The molecule has 1 aromatic carbocycles. The van der Waals surface area contributed by atoms with Crippen molar-refractivity contribution in [1.82, 2.24) is 0 Å². The molecule has 2 rings (SSSR count). The fraction of sp³-hybridized carbons (Fsp3) is 0.400. The third-order valence-corrected chi connectivity index (χ3v) is 2.37. The van der Waals surface area contributed by atoms with Crippen molar-refractivity contribution < 1.29 is 9.47 Å². The highest BCUT2D eigenvalue weighted by molar-refractivity contribution is 9.10. The van der Waals surface area contributed by atoms with Crippen molar-refractivity contribution in [2.45, 2.75) is 18.9 Å². The maximum Gasteiger partial charge on any atom is 0.124 e. The summed E-state index contributed by atoms with van der Waals surface area (Å²) in [5.41, 5.74) is 0. The van der Waals surface area contributed by atoms with Gasteiger partial charge in [0.1, 0.15) is 11.5 Å². The molecule has 2 nitrogen and oxygen atoms in total.